The summed E-state index contributed by atoms with van der Waals surface area (Å²) >= 11 is 0. The number of methoxy groups -OCH3 is 1. The second-order valence-corrected chi connectivity index (χ2v) is 4.74. The summed E-state index contributed by atoms with van der Waals surface area (Å²) in [5.74, 6) is 0.0217. The van der Waals surface area contributed by atoms with Crippen molar-refractivity contribution in [3.63, 3.8) is 0 Å². The highest BCUT2D eigenvalue weighted by Gasteiger charge is 2.01. The molecule has 0 aromatic heterocycles. The van der Waals surface area contributed by atoms with E-state index in [4.69, 9.17) is 4.74 Å². The Morgan fingerprint density at radius 2 is 2.00 bits per heavy atom. The molecule has 0 aliphatic rings. The lowest BCUT2D eigenvalue weighted by molar-refractivity contribution is -0.120. The molecule has 1 amide bonds. The van der Waals surface area contributed by atoms with Gasteiger partial charge in [0.1, 0.15) is 0 Å². The molecular formula is C15H25N3O2. The van der Waals surface area contributed by atoms with Crippen LogP contribution < -0.4 is 10.6 Å². The van der Waals surface area contributed by atoms with Crippen LogP contribution in [0.3, 0.4) is 0 Å². The molecule has 5 nitrogen and oxygen atoms in total. The molecule has 0 bridgehead atoms. The molecule has 5 heteroatoms. The normalized spacial score (nSPS) is 10.8. The number of likely N-dealkylation sites (N-methyl/N-ethyl adjacent to an activating group) is 1. The van der Waals surface area contributed by atoms with Crippen molar-refractivity contribution in [2.24, 2.45) is 0 Å². The number of rotatable bonds is 10. The SMILES string of the molecule is COCCN(C)CCNCC(=O)NCc1ccccc1. The molecule has 0 spiro atoms. The predicted octanol–water partition coefficient (Wildman–Crippen LogP) is 0.471. The van der Waals surface area contributed by atoms with Gasteiger partial charge in [-0.2, -0.15) is 0 Å². The van der Waals surface area contributed by atoms with Crippen molar-refractivity contribution < 1.29 is 9.53 Å². The third kappa shape index (κ3) is 7.89. The largest absolute Gasteiger partial charge is 0.383 e. The summed E-state index contributed by atoms with van der Waals surface area (Å²) in [6.45, 7) is 4.25. The van der Waals surface area contributed by atoms with Gasteiger partial charge >= 0.3 is 0 Å². The second kappa shape index (κ2) is 10.4. The predicted molar refractivity (Wildman–Crippen MR) is 80.5 cm³/mol. The van der Waals surface area contributed by atoms with E-state index in [2.05, 4.69) is 15.5 Å². The maximum atomic E-state index is 11.6. The van der Waals surface area contributed by atoms with E-state index >= 15 is 0 Å². The van der Waals surface area contributed by atoms with E-state index in [1.807, 2.05) is 37.4 Å². The van der Waals surface area contributed by atoms with Gasteiger partial charge in [-0.25, -0.2) is 0 Å². The number of nitrogens with zero attached hydrogens (tertiary/aromatic N) is 1. The van der Waals surface area contributed by atoms with Gasteiger partial charge in [-0.15, -0.1) is 0 Å². The van der Waals surface area contributed by atoms with Crippen LogP contribution in [0.15, 0.2) is 30.3 Å². The van der Waals surface area contributed by atoms with Crippen LogP contribution in [0.4, 0.5) is 0 Å². The molecule has 0 atom stereocenters. The molecule has 20 heavy (non-hydrogen) atoms. The van der Waals surface area contributed by atoms with Gasteiger partial charge in [0, 0.05) is 33.3 Å². The third-order valence-corrected chi connectivity index (χ3v) is 2.97. The van der Waals surface area contributed by atoms with Gasteiger partial charge in [0.25, 0.3) is 0 Å². The Bertz CT molecular complexity index is 371. The summed E-state index contributed by atoms with van der Waals surface area (Å²) < 4.78 is 5.00. The summed E-state index contributed by atoms with van der Waals surface area (Å²) in [4.78, 5) is 13.8. The minimum atomic E-state index is 0.0217. The molecule has 0 unspecified atom stereocenters. The molecule has 0 saturated heterocycles. The van der Waals surface area contributed by atoms with Crippen molar-refractivity contribution in [3.8, 4) is 0 Å². The van der Waals surface area contributed by atoms with Crippen molar-refractivity contribution in [1.82, 2.24) is 15.5 Å². The first-order chi connectivity index (χ1) is 9.72. The van der Waals surface area contributed by atoms with Crippen LogP contribution in [0.2, 0.25) is 0 Å². The van der Waals surface area contributed by atoms with Crippen LogP contribution in [0.1, 0.15) is 5.56 Å². The molecule has 1 aromatic rings. The van der Waals surface area contributed by atoms with Crippen molar-refractivity contribution in [1.29, 1.82) is 0 Å². The fourth-order valence-electron chi connectivity index (χ4n) is 1.69. The summed E-state index contributed by atoms with van der Waals surface area (Å²) in [5, 5.41) is 6.02. The topological polar surface area (TPSA) is 53.6 Å². The van der Waals surface area contributed by atoms with E-state index in [9.17, 15) is 4.79 Å². The Labute approximate surface area is 121 Å². The van der Waals surface area contributed by atoms with E-state index in [0.717, 1.165) is 31.8 Å². The van der Waals surface area contributed by atoms with E-state index in [0.29, 0.717) is 13.1 Å². The molecule has 112 valence electrons. The van der Waals surface area contributed by atoms with Crippen LogP contribution in [-0.4, -0.2) is 57.8 Å². The lowest BCUT2D eigenvalue weighted by atomic mass is 10.2. The van der Waals surface area contributed by atoms with Gasteiger partial charge in [0.15, 0.2) is 0 Å². The standard InChI is InChI=1S/C15H25N3O2/c1-18(10-11-20-2)9-8-16-13-15(19)17-12-14-6-4-3-5-7-14/h3-7,16H,8-13H2,1-2H3,(H,17,19). The summed E-state index contributed by atoms with van der Waals surface area (Å²) in [5.41, 5.74) is 1.11. The molecule has 1 rings (SSSR count). The number of ether oxygens (including phenoxy) is 1. The monoisotopic (exact) mass is 279 g/mol. The first-order valence-corrected chi connectivity index (χ1v) is 6.91. The van der Waals surface area contributed by atoms with Crippen LogP contribution >= 0.6 is 0 Å². The highest BCUT2D eigenvalue weighted by atomic mass is 16.5. The molecule has 0 heterocycles. The molecular weight excluding hydrogens is 254 g/mol. The zero-order chi connectivity index (χ0) is 14.6. The van der Waals surface area contributed by atoms with Crippen molar-refractivity contribution in [2.75, 3.05) is 46.9 Å². The molecule has 0 aliphatic heterocycles. The first-order valence-electron chi connectivity index (χ1n) is 6.91. The highest BCUT2D eigenvalue weighted by molar-refractivity contribution is 5.77. The Kier molecular flexibility index (Phi) is 8.62. The first kappa shape index (κ1) is 16.6. The van der Waals surface area contributed by atoms with Crippen LogP contribution in [0.5, 0.6) is 0 Å². The maximum Gasteiger partial charge on any atom is 0.234 e. The third-order valence-electron chi connectivity index (χ3n) is 2.97. The van der Waals surface area contributed by atoms with Gasteiger partial charge in [0.2, 0.25) is 5.91 Å². The number of hydrogen-bond acceptors (Lipinski definition) is 4. The number of carbonyl (C=O) groups is 1. The molecule has 1 aromatic carbocycles. The van der Waals surface area contributed by atoms with Crippen molar-refractivity contribution >= 4 is 5.91 Å². The minimum Gasteiger partial charge on any atom is -0.383 e. The number of benzene rings is 1. The van der Waals surface area contributed by atoms with E-state index < -0.39 is 0 Å². The minimum absolute atomic E-state index is 0.0217. The van der Waals surface area contributed by atoms with Gasteiger partial charge < -0.3 is 20.3 Å². The van der Waals surface area contributed by atoms with Gasteiger partial charge in [-0.1, -0.05) is 30.3 Å². The Hall–Kier alpha value is -1.43. The maximum absolute atomic E-state index is 11.6. The Morgan fingerprint density at radius 3 is 2.70 bits per heavy atom. The average molecular weight is 279 g/mol. The molecule has 0 saturated carbocycles. The summed E-state index contributed by atoms with van der Waals surface area (Å²) in [6, 6.07) is 9.90. The quantitative estimate of drug-likeness (QED) is 0.611. The van der Waals surface area contributed by atoms with Crippen LogP contribution in [-0.2, 0) is 16.1 Å². The van der Waals surface area contributed by atoms with Crippen molar-refractivity contribution in [3.05, 3.63) is 35.9 Å². The van der Waals surface area contributed by atoms with E-state index in [1.54, 1.807) is 7.11 Å². The number of hydrogen-bond donors (Lipinski definition) is 2. The highest BCUT2D eigenvalue weighted by Crippen LogP contribution is 1.96. The fraction of sp³-hybridized carbons (Fsp3) is 0.533. The zero-order valence-electron chi connectivity index (χ0n) is 12.4. The van der Waals surface area contributed by atoms with Crippen molar-refractivity contribution in [2.45, 2.75) is 6.54 Å². The van der Waals surface area contributed by atoms with E-state index in [-0.39, 0.29) is 5.91 Å². The number of amides is 1. The number of carbonyl (C=O) groups excluding carboxylic acids is 1. The molecule has 2 N–H and O–H groups in total. The smallest absolute Gasteiger partial charge is 0.234 e. The zero-order valence-corrected chi connectivity index (χ0v) is 12.4. The Balaban J connectivity index is 2.03. The molecule has 0 aliphatic carbocycles. The number of nitrogens with one attached hydrogen (secondary N) is 2. The molecule has 0 fully saturated rings. The van der Waals surface area contributed by atoms with Crippen LogP contribution in [0.25, 0.3) is 0 Å². The molecule has 0 radical (unpaired) electrons. The van der Waals surface area contributed by atoms with Gasteiger partial charge in [-0.3, -0.25) is 4.79 Å². The fourth-order valence-corrected chi connectivity index (χ4v) is 1.69. The van der Waals surface area contributed by atoms with E-state index in [1.165, 1.54) is 0 Å². The summed E-state index contributed by atoms with van der Waals surface area (Å²) in [7, 11) is 3.74. The summed E-state index contributed by atoms with van der Waals surface area (Å²) in [6.07, 6.45) is 0. The lowest BCUT2D eigenvalue weighted by Crippen LogP contribution is -2.37. The van der Waals surface area contributed by atoms with Gasteiger partial charge in [0.05, 0.1) is 13.2 Å². The lowest BCUT2D eigenvalue weighted by Gasteiger charge is -2.16. The average Bonchev–Trinajstić information content (AvgIpc) is 2.48. The van der Waals surface area contributed by atoms with Crippen LogP contribution in [0, 0.1) is 0 Å². The van der Waals surface area contributed by atoms with Gasteiger partial charge in [-0.05, 0) is 12.6 Å². The Morgan fingerprint density at radius 1 is 1.25 bits per heavy atom. The second-order valence-electron chi connectivity index (χ2n) is 4.74.